The van der Waals surface area contributed by atoms with Crippen LogP contribution in [-0.2, 0) is 17.8 Å². The van der Waals surface area contributed by atoms with Crippen LogP contribution in [0, 0.1) is 6.92 Å². The van der Waals surface area contributed by atoms with E-state index in [4.69, 9.17) is 32.3 Å². The van der Waals surface area contributed by atoms with E-state index in [1.807, 2.05) is 25.1 Å². The lowest BCUT2D eigenvalue weighted by atomic mass is 10.2. The molecule has 0 fully saturated rings. The number of nitrogens with two attached hydrogens (primary N) is 1. The van der Waals surface area contributed by atoms with Crippen LogP contribution in [0.1, 0.15) is 29.1 Å². The Bertz CT molecular complexity index is 1010. The number of aliphatic carboxylic acids is 1. The van der Waals surface area contributed by atoms with Crippen LogP contribution in [-0.4, -0.2) is 46.4 Å². The van der Waals surface area contributed by atoms with Gasteiger partial charge < -0.3 is 26.0 Å². The fourth-order valence-corrected chi connectivity index (χ4v) is 3.91. The number of aliphatic hydroxyl groups is 1. The molecule has 0 unspecified atom stereocenters. The smallest absolute Gasteiger partial charge is 0.303 e. The standard InChI is InChI=1S/C19H20ClN3O3S.C2H7NO/c1-11-8-13-18(21-10-12-6-7-15(26-2)14(20)9-12)22-16(23-19(13)27-11)4-3-5-17(24)25;3-1-2-4/h6-9H,3-5,10H2,1-2H3,(H,24,25)(H,21,22,23);4H,1-3H2. The number of nitrogens with zero attached hydrogens (tertiary/aromatic N) is 2. The van der Waals surface area contributed by atoms with Crippen molar-refractivity contribution in [2.75, 3.05) is 25.6 Å². The Morgan fingerprint density at radius 2 is 2.06 bits per heavy atom. The molecule has 2 heterocycles. The highest BCUT2D eigenvalue weighted by Crippen LogP contribution is 2.30. The summed E-state index contributed by atoms with van der Waals surface area (Å²) in [7, 11) is 1.58. The summed E-state index contributed by atoms with van der Waals surface area (Å²) < 4.78 is 5.18. The van der Waals surface area contributed by atoms with Crippen molar-refractivity contribution in [2.45, 2.75) is 32.7 Å². The van der Waals surface area contributed by atoms with Crippen LogP contribution in [0.3, 0.4) is 0 Å². The van der Waals surface area contributed by atoms with Gasteiger partial charge in [-0.25, -0.2) is 9.97 Å². The van der Waals surface area contributed by atoms with Crippen LogP contribution in [0.15, 0.2) is 24.3 Å². The number of methoxy groups -OCH3 is 1. The molecule has 8 nitrogen and oxygen atoms in total. The van der Waals surface area contributed by atoms with Gasteiger partial charge in [-0.3, -0.25) is 4.79 Å². The molecule has 0 saturated heterocycles. The predicted molar refractivity (Wildman–Crippen MR) is 124 cm³/mol. The van der Waals surface area contributed by atoms with E-state index in [1.165, 1.54) is 0 Å². The zero-order valence-corrected chi connectivity index (χ0v) is 19.1. The number of fused-ring (bicyclic) bond motifs is 1. The number of aromatic nitrogens is 2. The maximum Gasteiger partial charge on any atom is 0.303 e. The molecule has 0 amide bonds. The van der Waals surface area contributed by atoms with E-state index in [2.05, 4.69) is 21.4 Å². The van der Waals surface area contributed by atoms with Gasteiger partial charge in [0.05, 0.1) is 24.1 Å². The number of rotatable bonds is 9. The number of anilines is 1. The summed E-state index contributed by atoms with van der Waals surface area (Å²) in [6.45, 7) is 3.06. The summed E-state index contributed by atoms with van der Waals surface area (Å²) in [6, 6.07) is 7.70. The summed E-state index contributed by atoms with van der Waals surface area (Å²) in [6.07, 6.45) is 1.15. The fourth-order valence-electron chi connectivity index (χ4n) is 2.74. The van der Waals surface area contributed by atoms with Crippen LogP contribution < -0.4 is 15.8 Å². The number of aliphatic hydroxyl groups excluding tert-OH is 1. The van der Waals surface area contributed by atoms with Crippen LogP contribution in [0.2, 0.25) is 5.02 Å². The molecule has 0 radical (unpaired) electrons. The number of benzene rings is 1. The van der Waals surface area contributed by atoms with Crippen molar-refractivity contribution in [1.82, 2.24) is 9.97 Å². The number of halogens is 1. The first-order valence-electron chi connectivity index (χ1n) is 9.74. The van der Waals surface area contributed by atoms with E-state index in [9.17, 15) is 4.79 Å². The Morgan fingerprint density at radius 1 is 1.32 bits per heavy atom. The van der Waals surface area contributed by atoms with Gasteiger partial charge >= 0.3 is 5.97 Å². The quantitative estimate of drug-likeness (QED) is 0.376. The average molecular weight is 467 g/mol. The number of ether oxygens (including phenoxy) is 1. The Balaban J connectivity index is 0.000000785. The molecule has 1 aromatic carbocycles. The van der Waals surface area contributed by atoms with E-state index >= 15 is 0 Å². The van der Waals surface area contributed by atoms with Gasteiger partial charge in [-0.1, -0.05) is 17.7 Å². The molecule has 0 aliphatic rings. The number of hydrogen-bond donors (Lipinski definition) is 4. The lowest BCUT2D eigenvalue weighted by Crippen LogP contribution is -2.06. The van der Waals surface area contributed by atoms with Crippen molar-refractivity contribution in [1.29, 1.82) is 0 Å². The number of aryl methyl sites for hydroxylation is 2. The van der Waals surface area contributed by atoms with Crippen molar-refractivity contribution in [3.63, 3.8) is 0 Å². The minimum atomic E-state index is -0.808. The number of carboxylic acids is 1. The molecule has 0 aliphatic carbocycles. The molecule has 0 saturated carbocycles. The fraction of sp³-hybridized carbons (Fsp3) is 0.381. The predicted octanol–water partition coefficient (Wildman–Crippen LogP) is 3.62. The van der Waals surface area contributed by atoms with Gasteiger partial charge in [-0.15, -0.1) is 11.3 Å². The topological polar surface area (TPSA) is 131 Å². The van der Waals surface area contributed by atoms with Crippen molar-refractivity contribution < 1.29 is 19.7 Å². The number of hydrogen-bond acceptors (Lipinski definition) is 8. The molecule has 2 aromatic heterocycles. The van der Waals surface area contributed by atoms with Gasteiger partial charge in [0, 0.05) is 30.8 Å². The molecule has 3 rings (SSSR count). The highest BCUT2D eigenvalue weighted by molar-refractivity contribution is 7.18. The number of carboxylic acid groups (broad SMARTS) is 1. The van der Waals surface area contributed by atoms with Gasteiger partial charge in [-0.05, 0) is 37.1 Å². The Hall–Kier alpha value is -2.46. The third-order valence-electron chi connectivity index (χ3n) is 4.16. The zero-order valence-electron chi connectivity index (χ0n) is 17.5. The van der Waals surface area contributed by atoms with Crippen molar-refractivity contribution in [3.8, 4) is 5.75 Å². The second-order valence-electron chi connectivity index (χ2n) is 6.65. The SMILES string of the molecule is COc1ccc(CNc2nc(CCCC(=O)O)nc3sc(C)cc23)cc1Cl.NCCO. The lowest BCUT2D eigenvalue weighted by molar-refractivity contribution is -0.137. The Morgan fingerprint density at radius 3 is 2.68 bits per heavy atom. The summed E-state index contributed by atoms with van der Waals surface area (Å²) >= 11 is 7.80. The maximum atomic E-state index is 10.7. The summed E-state index contributed by atoms with van der Waals surface area (Å²) in [5.74, 6) is 1.24. The zero-order chi connectivity index (χ0) is 22.8. The monoisotopic (exact) mass is 466 g/mol. The molecule has 3 aromatic rings. The second-order valence-corrected chi connectivity index (χ2v) is 8.29. The third kappa shape index (κ3) is 7.62. The van der Waals surface area contributed by atoms with Crippen LogP contribution in [0.5, 0.6) is 5.75 Å². The molecular formula is C21H27ClN4O4S. The molecular weight excluding hydrogens is 440 g/mol. The summed E-state index contributed by atoms with van der Waals surface area (Å²) in [5.41, 5.74) is 5.78. The van der Waals surface area contributed by atoms with Gasteiger partial charge in [0.15, 0.2) is 0 Å². The van der Waals surface area contributed by atoms with Crippen LogP contribution >= 0.6 is 22.9 Å². The highest BCUT2D eigenvalue weighted by Gasteiger charge is 2.12. The Labute approximate surface area is 190 Å². The second kappa shape index (κ2) is 12.4. The Kier molecular flexibility index (Phi) is 9.93. The summed E-state index contributed by atoms with van der Waals surface area (Å²) in [5, 5.41) is 21.5. The third-order valence-corrected chi connectivity index (χ3v) is 5.40. The van der Waals surface area contributed by atoms with Crippen molar-refractivity contribution >= 4 is 44.9 Å². The van der Waals surface area contributed by atoms with E-state index in [1.54, 1.807) is 18.4 Å². The number of nitrogens with one attached hydrogen (secondary N) is 1. The van der Waals surface area contributed by atoms with E-state index in [-0.39, 0.29) is 13.0 Å². The molecule has 5 N–H and O–H groups in total. The molecule has 168 valence electrons. The molecule has 31 heavy (non-hydrogen) atoms. The molecule has 10 heteroatoms. The molecule has 0 bridgehead atoms. The number of thiophene rings is 1. The van der Waals surface area contributed by atoms with Gasteiger partial charge in [0.2, 0.25) is 0 Å². The summed E-state index contributed by atoms with van der Waals surface area (Å²) in [4.78, 5) is 22.0. The first kappa shape index (κ1) is 24.8. The minimum absolute atomic E-state index is 0.0972. The molecule has 0 aliphatic heterocycles. The van der Waals surface area contributed by atoms with Gasteiger partial charge in [-0.2, -0.15) is 0 Å². The number of carbonyl (C=O) groups is 1. The minimum Gasteiger partial charge on any atom is -0.495 e. The maximum absolute atomic E-state index is 10.7. The normalized spacial score (nSPS) is 10.5. The average Bonchev–Trinajstić information content (AvgIpc) is 3.12. The van der Waals surface area contributed by atoms with E-state index in [0.29, 0.717) is 42.5 Å². The van der Waals surface area contributed by atoms with E-state index < -0.39 is 5.97 Å². The molecule has 0 atom stereocenters. The van der Waals surface area contributed by atoms with Crippen LogP contribution in [0.25, 0.3) is 10.2 Å². The lowest BCUT2D eigenvalue weighted by Gasteiger charge is -2.10. The first-order valence-corrected chi connectivity index (χ1v) is 10.9. The van der Waals surface area contributed by atoms with Crippen molar-refractivity contribution in [2.24, 2.45) is 5.73 Å². The first-order chi connectivity index (χ1) is 14.9. The van der Waals surface area contributed by atoms with Gasteiger partial charge in [0.25, 0.3) is 0 Å². The van der Waals surface area contributed by atoms with Crippen LogP contribution in [0.4, 0.5) is 5.82 Å². The van der Waals surface area contributed by atoms with Crippen molar-refractivity contribution in [3.05, 3.63) is 45.6 Å². The molecule has 0 spiro atoms. The van der Waals surface area contributed by atoms with E-state index in [0.717, 1.165) is 26.5 Å². The largest absolute Gasteiger partial charge is 0.495 e. The van der Waals surface area contributed by atoms with Gasteiger partial charge in [0.1, 0.15) is 22.2 Å². The highest BCUT2D eigenvalue weighted by atomic mass is 35.5.